The topological polar surface area (TPSA) is 47.9 Å². The Balaban J connectivity index is 1.99. The predicted octanol–water partition coefficient (Wildman–Crippen LogP) is 3.80. The Labute approximate surface area is 117 Å². The summed E-state index contributed by atoms with van der Waals surface area (Å²) in [4.78, 5) is 13.4. The quantitative estimate of drug-likeness (QED) is 0.777. The van der Waals surface area contributed by atoms with E-state index in [1.165, 1.54) is 0 Å². The lowest BCUT2D eigenvalue weighted by molar-refractivity contribution is 0.438. The molecule has 0 saturated carbocycles. The number of pyridine rings is 1. The lowest BCUT2D eigenvalue weighted by Crippen LogP contribution is -2.05. The van der Waals surface area contributed by atoms with Crippen LogP contribution in [0.1, 0.15) is 20.8 Å². The van der Waals surface area contributed by atoms with Gasteiger partial charge in [-0.05, 0) is 18.1 Å². The maximum Gasteiger partial charge on any atom is 0.321 e. The van der Waals surface area contributed by atoms with Gasteiger partial charge in [0.2, 0.25) is 0 Å². The van der Waals surface area contributed by atoms with Crippen LogP contribution in [-0.4, -0.2) is 20.2 Å². The van der Waals surface area contributed by atoms with E-state index in [0.717, 1.165) is 4.90 Å². The molecule has 0 saturated heterocycles. The second kappa shape index (κ2) is 6.52. The molecule has 0 amide bonds. The highest BCUT2D eigenvalue weighted by molar-refractivity contribution is 7.99. The van der Waals surface area contributed by atoms with Crippen LogP contribution in [0.2, 0.25) is 0 Å². The Bertz CT molecular complexity index is 502. The Morgan fingerprint density at radius 1 is 1.11 bits per heavy atom. The molecule has 100 valence electrons. The Morgan fingerprint density at radius 3 is 2.42 bits per heavy atom. The van der Waals surface area contributed by atoms with Crippen LogP contribution in [0.15, 0.2) is 41.8 Å². The molecule has 0 aliphatic heterocycles. The number of ether oxygens (including phenoxy) is 1. The Kier molecular flexibility index (Phi) is 4.74. The predicted molar refractivity (Wildman–Crippen MR) is 76.5 cm³/mol. The first kappa shape index (κ1) is 13.8. The van der Waals surface area contributed by atoms with Crippen LogP contribution in [0.5, 0.6) is 11.8 Å². The number of rotatable bonds is 5. The van der Waals surface area contributed by atoms with Crippen molar-refractivity contribution in [2.75, 3.05) is 0 Å². The fraction of sp³-hybridized carbons (Fsp3) is 0.357. The van der Waals surface area contributed by atoms with Crippen molar-refractivity contribution in [1.29, 1.82) is 0 Å². The highest BCUT2D eigenvalue weighted by Gasteiger charge is 2.09. The van der Waals surface area contributed by atoms with Gasteiger partial charge in [-0.15, -0.1) is 11.8 Å². The van der Waals surface area contributed by atoms with Gasteiger partial charge in [0.15, 0.2) is 0 Å². The van der Waals surface area contributed by atoms with Crippen LogP contribution >= 0.6 is 11.8 Å². The van der Waals surface area contributed by atoms with Crippen molar-refractivity contribution >= 4 is 11.8 Å². The summed E-state index contributed by atoms with van der Waals surface area (Å²) in [5.41, 5.74) is 0. The molecule has 2 rings (SSSR count). The minimum atomic E-state index is 0.342. The molecule has 0 aliphatic rings. The second-order valence-electron chi connectivity index (χ2n) is 4.56. The van der Waals surface area contributed by atoms with Gasteiger partial charge >= 0.3 is 6.01 Å². The van der Waals surface area contributed by atoms with Crippen LogP contribution in [0.4, 0.5) is 0 Å². The fourth-order valence-electron chi connectivity index (χ4n) is 1.28. The molecule has 1 atom stereocenters. The van der Waals surface area contributed by atoms with Gasteiger partial charge in [-0.1, -0.05) is 20.8 Å². The first-order valence-electron chi connectivity index (χ1n) is 6.21. The molecular formula is C14H17N3OS. The molecule has 0 N–H and O–H groups in total. The average Bonchev–Trinajstić information content (AvgIpc) is 2.42. The number of nitrogens with zero attached hydrogens (tertiary/aromatic N) is 3. The van der Waals surface area contributed by atoms with Crippen LogP contribution in [0.25, 0.3) is 0 Å². The summed E-state index contributed by atoms with van der Waals surface area (Å²) in [6.07, 6.45) is 6.91. The summed E-state index contributed by atoms with van der Waals surface area (Å²) in [5, 5.41) is 0.536. The first-order chi connectivity index (χ1) is 9.15. The zero-order chi connectivity index (χ0) is 13.7. The smallest absolute Gasteiger partial charge is 0.321 e. The van der Waals surface area contributed by atoms with Crippen molar-refractivity contribution in [2.45, 2.75) is 30.9 Å². The molecule has 4 nitrogen and oxygen atoms in total. The van der Waals surface area contributed by atoms with Crippen LogP contribution < -0.4 is 4.74 Å². The normalized spacial score (nSPS) is 12.4. The molecule has 19 heavy (non-hydrogen) atoms. The second-order valence-corrected chi connectivity index (χ2v) is 6.01. The first-order valence-corrected chi connectivity index (χ1v) is 7.09. The van der Waals surface area contributed by atoms with Gasteiger partial charge in [0.05, 0.1) is 6.20 Å². The van der Waals surface area contributed by atoms with Gasteiger partial charge < -0.3 is 4.74 Å². The molecule has 0 aliphatic carbocycles. The SMILES string of the molecule is CC(C)[C@@H](C)Sc1cnc(Oc2cccnc2)nc1. The lowest BCUT2D eigenvalue weighted by Gasteiger charge is -2.14. The Morgan fingerprint density at radius 2 is 1.84 bits per heavy atom. The van der Waals surface area contributed by atoms with Crippen molar-refractivity contribution in [2.24, 2.45) is 5.92 Å². The van der Waals surface area contributed by atoms with Crippen LogP contribution in [-0.2, 0) is 0 Å². The summed E-state index contributed by atoms with van der Waals surface area (Å²) < 4.78 is 5.49. The van der Waals surface area contributed by atoms with Crippen molar-refractivity contribution in [3.63, 3.8) is 0 Å². The zero-order valence-electron chi connectivity index (χ0n) is 11.3. The highest BCUT2D eigenvalue weighted by Crippen LogP contribution is 2.27. The van der Waals surface area contributed by atoms with Gasteiger partial charge in [0.25, 0.3) is 0 Å². The summed E-state index contributed by atoms with van der Waals surface area (Å²) in [6.45, 7) is 6.62. The monoisotopic (exact) mass is 275 g/mol. The molecule has 0 aromatic carbocycles. The Hall–Kier alpha value is -1.62. The highest BCUT2D eigenvalue weighted by atomic mass is 32.2. The maximum absolute atomic E-state index is 5.49. The summed E-state index contributed by atoms with van der Waals surface area (Å²) >= 11 is 1.77. The minimum absolute atomic E-state index is 0.342. The van der Waals surface area contributed by atoms with E-state index >= 15 is 0 Å². The van der Waals surface area contributed by atoms with Gasteiger partial charge in [0, 0.05) is 28.7 Å². The van der Waals surface area contributed by atoms with Gasteiger partial charge in [-0.25, -0.2) is 9.97 Å². The third-order valence-corrected chi connectivity index (χ3v) is 4.11. The molecule has 0 fully saturated rings. The summed E-state index contributed by atoms with van der Waals surface area (Å²) in [5.74, 6) is 1.26. The van der Waals surface area contributed by atoms with Crippen molar-refractivity contribution in [3.8, 4) is 11.8 Å². The van der Waals surface area contributed by atoms with E-state index in [2.05, 4.69) is 35.7 Å². The van der Waals surface area contributed by atoms with Gasteiger partial charge in [0.1, 0.15) is 5.75 Å². The van der Waals surface area contributed by atoms with E-state index in [1.54, 1.807) is 36.5 Å². The van der Waals surface area contributed by atoms with Crippen LogP contribution in [0.3, 0.4) is 0 Å². The van der Waals surface area contributed by atoms with E-state index in [4.69, 9.17) is 4.74 Å². The standard InChI is InChI=1S/C14H17N3OS/c1-10(2)11(3)19-13-8-16-14(17-9-13)18-12-5-4-6-15-7-12/h4-11H,1-3H3/t11-/m1/s1. The molecular weight excluding hydrogens is 258 g/mol. The van der Waals surface area contributed by atoms with Gasteiger partial charge in [-0.3, -0.25) is 4.98 Å². The molecule has 0 bridgehead atoms. The molecule has 5 heteroatoms. The molecule has 0 unspecified atom stereocenters. The fourth-order valence-corrected chi connectivity index (χ4v) is 2.21. The molecule has 0 spiro atoms. The van der Waals surface area contributed by atoms with E-state index < -0.39 is 0 Å². The van der Waals surface area contributed by atoms with E-state index in [0.29, 0.717) is 22.9 Å². The summed E-state index contributed by atoms with van der Waals surface area (Å²) in [6, 6.07) is 3.97. The largest absolute Gasteiger partial charge is 0.423 e. The third-order valence-electron chi connectivity index (χ3n) is 2.71. The number of aromatic nitrogens is 3. The minimum Gasteiger partial charge on any atom is -0.423 e. The van der Waals surface area contributed by atoms with E-state index in [9.17, 15) is 0 Å². The number of thioether (sulfide) groups is 1. The molecule has 2 aromatic rings. The lowest BCUT2D eigenvalue weighted by atomic mass is 10.2. The number of hydrogen-bond donors (Lipinski definition) is 0. The third kappa shape index (κ3) is 4.21. The van der Waals surface area contributed by atoms with Crippen molar-refractivity contribution in [1.82, 2.24) is 15.0 Å². The molecule has 2 heterocycles. The number of hydrogen-bond acceptors (Lipinski definition) is 5. The van der Waals surface area contributed by atoms with E-state index in [1.807, 2.05) is 12.1 Å². The van der Waals surface area contributed by atoms with Crippen molar-refractivity contribution < 1.29 is 4.74 Å². The zero-order valence-corrected chi connectivity index (χ0v) is 12.1. The molecule has 0 radical (unpaired) electrons. The summed E-state index contributed by atoms with van der Waals surface area (Å²) in [7, 11) is 0. The molecule has 2 aromatic heterocycles. The maximum atomic E-state index is 5.49. The van der Waals surface area contributed by atoms with Crippen molar-refractivity contribution in [3.05, 3.63) is 36.9 Å². The van der Waals surface area contributed by atoms with Gasteiger partial charge in [-0.2, -0.15) is 0 Å². The van der Waals surface area contributed by atoms with Crippen LogP contribution in [0, 0.1) is 5.92 Å². The average molecular weight is 275 g/mol. The van der Waals surface area contributed by atoms with E-state index in [-0.39, 0.29) is 0 Å².